The van der Waals surface area contributed by atoms with E-state index in [1.165, 1.54) is 0 Å². The molecule has 0 spiro atoms. The molecule has 1 aliphatic heterocycles. The summed E-state index contributed by atoms with van der Waals surface area (Å²) in [5, 5.41) is 5.78. The number of hydrogen-bond acceptors (Lipinski definition) is 5. The normalized spacial score (nSPS) is 15.0. The van der Waals surface area contributed by atoms with Crippen molar-refractivity contribution in [1.82, 2.24) is 15.3 Å². The predicted octanol–water partition coefficient (Wildman–Crippen LogP) is 2.27. The highest BCUT2D eigenvalue weighted by Gasteiger charge is 2.14. The van der Waals surface area contributed by atoms with Gasteiger partial charge in [-0.15, -0.1) is 0 Å². The van der Waals surface area contributed by atoms with Gasteiger partial charge in [-0.2, -0.15) is 0 Å². The molecule has 1 aromatic carbocycles. The van der Waals surface area contributed by atoms with E-state index >= 15 is 0 Å². The van der Waals surface area contributed by atoms with Crippen LogP contribution in [-0.2, 0) is 4.74 Å². The molecule has 0 aliphatic carbocycles. The van der Waals surface area contributed by atoms with Crippen molar-refractivity contribution in [3.63, 3.8) is 0 Å². The van der Waals surface area contributed by atoms with Crippen molar-refractivity contribution in [3.05, 3.63) is 36.7 Å². The first-order valence-corrected chi connectivity index (χ1v) is 8.01. The number of aromatic nitrogens is 2. The number of nitrogen functional groups attached to an aromatic ring is 1. The van der Waals surface area contributed by atoms with Crippen molar-refractivity contribution >= 4 is 17.7 Å². The molecular weight excluding hydrogens is 306 g/mol. The molecule has 0 radical (unpaired) electrons. The summed E-state index contributed by atoms with van der Waals surface area (Å²) in [5.41, 5.74) is 7.97. The predicted molar refractivity (Wildman–Crippen MR) is 92.4 cm³/mol. The third-order valence-corrected chi connectivity index (χ3v) is 4.02. The molecule has 0 saturated carbocycles. The van der Waals surface area contributed by atoms with Crippen molar-refractivity contribution in [1.29, 1.82) is 0 Å². The fourth-order valence-electron chi connectivity index (χ4n) is 2.63. The van der Waals surface area contributed by atoms with Crippen LogP contribution in [0.4, 0.5) is 16.4 Å². The van der Waals surface area contributed by atoms with Crippen molar-refractivity contribution in [2.75, 3.05) is 30.8 Å². The van der Waals surface area contributed by atoms with Gasteiger partial charge in [0.05, 0.1) is 0 Å². The van der Waals surface area contributed by atoms with Gasteiger partial charge in [0, 0.05) is 43.4 Å². The monoisotopic (exact) mass is 327 g/mol. The van der Waals surface area contributed by atoms with Crippen LogP contribution in [0.2, 0.25) is 0 Å². The SMILES string of the molecule is Nc1ncc(-c2cccc(NC(=O)NCC3CCOCC3)c2)cn1. The summed E-state index contributed by atoms with van der Waals surface area (Å²) in [6, 6.07) is 7.32. The lowest BCUT2D eigenvalue weighted by atomic mass is 10.0. The number of ether oxygens (including phenoxy) is 1. The highest BCUT2D eigenvalue weighted by Crippen LogP contribution is 2.21. The topological polar surface area (TPSA) is 102 Å². The fraction of sp³-hybridized carbons (Fsp3) is 0.353. The van der Waals surface area contributed by atoms with Crippen molar-refractivity contribution in [3.8, 4) is 11.1 Å². The van der Waals surface area contributed by atoms with Crippen LogP contribution in [-0.4, -0.2) is 35.8 Å². The molecule has 0 unspecified atom stereocenters. The maximum Gasteiger partial charge on any atom is 0.319 e. The second kappa shape index (κ2) is 7.74. The first-order valence-electron chi connectivity index (χ1n) is 8.01. The van der Waals surface area contributed by atoms with E-state index in [1.54, 1.807) is 12.4 Å². The Bertz CT molecular complexity index is 684. The Hall–Kier alpha value is -2.67. The zero-order chi connectivity index (χ0) is 16.8. The summed E-state index contributed by atoms with van der Waals surface area (Å²) in [6.45, 7) is 2.22. The number of carbonyl (C=O) groups excluding carboxylic acids is 1. The number of anilines is 2. The van der Waals surface area contributed by atoms with Crippen LogP contribution in [0.3, 0.4) is 0 Å². The molecule has 24 heavy (non-hydrogen) atoms. The molecule has 7 nitrogen and oxygen atoms in total. The van der Waals surface area contributed by atoms with E-state index in [2.05, 4.69) is 20.6 Å². The van der Waals surface area contributed by atoms with Gasteiger partial charge >= 0.3 is 6.03 Å². The number of nitrogens with zero attached hydrogens (tertiary/aromatic N) is 2. The quantitative estimate of drug-likeness (QED) is 0.799. The van der Waals surface area contributed by atoms with Gasteiger partial charge in [0.15, 0.2) is 0 Å². The van der Waals surface area contributed by atoms with Crippen LogP contribution in [0.5, 0.6) is 0 Å². The van der Waals surface area contributed by atoms with Crippen LogP contribution >= 0.6 is 0 Å². The lowest BCUT2D eigenvalue weighted by molar-refractivity contribution is 0.0671. The second-order valence-corrected chi connectivity index (χ2v) is 5.80. The van der Waals surface area contributed by atoms with Gasteiger partial charge in [-0.05, 0) is 36.5 Å². The summed E-state index contributed by atoms with van der Waals surface area (Å²) in [7, 11) is 0. The first-order chi connectivity index (χ1) is 11.7. The molecule has 3 rings (SSSR count). The average molecular weight is 327 g/mol. The average Bonchev–Trinajstić information content (AvgIpc) is 2.62. The minimum absolute atomic E-state index is 0.202. The van der Waals surface area contributed by atoms with E-state index in [9.17, 15) is 4.79 Å². The van der Waals surface area contributed by atoms with Crippen LogP contribution in [0.15, 0.2) is 36.7 Å². The van der Waals surface area contributed by atoms with Crippen molar-refractivity contribution in [2.45, 2.75) is 12.8 Å². The maximum absolute atomic E-state index is 12.1. The minimum atomic E-state index is -0.202. The number of carbonyl (C=O) groups is 1. The van der Waals surface area contributed by atoms with E-state index in [4.69, 9.17) is 10.5 Å². The lowest BCUT2D eigenvalue weighted by Gasteiger charge is -2.22. The smallest absolute Gasteiger partial charge is 0.319 e. The van der Waals surface area contributed by atoms with E-state index in [0.717, 1.165) is 37.2 Å². The number of rotatable bonds is 4. The molecule has 0 atom stereocenters. The van der Waals surface area contributed by atoms with E-state index in [-0.39, 0.29) is 12.0 Å². The number of benzene rings is 1. The van der Waals surface area contributed by atoms with Gasteiger partial charge in [-0.3, -0.25) is 0 Å². The third kappa shape index (κ3) is 4.42. The van der Waals surface area contributed by atoms with Gasteiger partial charge in [-0.1, -0.05) is 12.1 Å². The highest BCUT2D eigenvalue weighted by atomic mass is 16.5. The van der Waals surface area contributed by atoms with Crippen LogP contribution in [0, 0.1) is 5.92 Å². The minimum Gasteiger partial charge on any atom is -0.381 e. The van der Waals surface area contributed by atoms with Crippen LogP contribution in [0.25, 0.3) is 11.1 Å². The molecule has 126 valence electrons. The molecule has 2 amide bonds. The molecule has 1 aromatic heterocycles. The number of amides is 2. The number of nitrogens with two attached hydrogens (primary N) is 1. The molecule has 2 aromatic rings. The fourth-order valence-corrected chi connectivity index (χ4v) is 2.63. The Morgan fingerprint density at radius 3 is 2.71 bits per heavy atom. The van der Waals surface area contributed by atoms with E-state index in [0.29, 0.717) is 18.2 Å². The summed E-state index contributed by atoms with van der Waals surface area (Å²) < 4.78 is 5.32. The van der Waals surface area contributed by atoms with Crippen molar-refractivity contribution in [2.24, 2.45) is 5.92 Å². The maximum atomic E-state index is 12.1. The number of hydrogen-bond donors (Lipinski definition) is 3. The van der Waals surface area contributed by atoms with Crippen molar-refractivity contribution < 1.29 is 9.53 Å². The summed E-state index contributed by atoms with van der Waals surface area (Å²) in [5.74, 6) is 0.725. The van der Waals surface area contributed by atoms with Gasteiger partial charge in [0.1, 0.15) is 0 Å². The highest BCUT2D eigenvalue weighted by molar-refractivity contribution is 5.90. The molecule has 0 bridgehead atoms. The standard InChI is InChI=1S/C17H21N5O2/c18-16-19-10-14(11-20-16)13-2-1-3-15(8-13)22-17(23)21-9-12-4-6-24-7-5-12/h1-3,8,10-12H,4-7,9H2,(H2,18,19,20)(H2,21,22,23). The Kier molecular flexibility index (Phi) is 5.22. The van der Waals surface area contributed by atoms with E-state index < -0.39 is 0 Å². The molecule has 7 heteroatoms. The number of urea groups is 1. The Morgan fingerprint density at radius 2 is 1.96 bits per heavy atom. The zero-order valence-electron chi connectivity index (χ0n) is 13.4. The molecule has 2 heterocycles. The Balaban J connectivity index is 1.57. The largest absolute Gasteiger partial charge is 0.381 e. The van der Waals surface area contributed by atoms with E-state index in [1.807, 2.05) is 24.3 Å². The van der Waals surface area contributed by atoms with Gasteiger partial charge in [0.25, 0.3) is 0 Å². The molecule has 1 fully saturated rings. The Morgan fingerprint density at radius 1 is 1.21 bits per heavy atom. The third-order valence-electron chi connectivity index (χ3n) is 4.02. The number of nitrogens with one attached hydrogen (secondary N) is 2. The van der Waals surface area contributed by atoms with Gasteiger partial charge in [0.2, 0.25) is 5.95 Å². The molecule has 1 saturated heterocycles. The molecule has 4 N–H and O–H groups in total. The van der Waals surface area contributed by atoms with Gasteiger partial charge in [-0.25, -0.2) is 14.8 Å². The Labute approximate surface area is 140 Å². The first kappa shape index (κ1) is 16.2. The zero-order valence-corrected chi connectivity index (χ0v) is 13.4. The summed E-state index contributed by atoms with van der Waals surface area (Å²) in [4.78, 5) is 20.0. The van der Waals surface area contributed by atoms with Crippen LogP contribution < -0.4 is 16.4 Å². The van der Waals surface area contributed by atoms with Crippen LogP contribution in [0.1, 0.15) is 12.8 Å². The lowest BCUT2D eigenvalue weighted by Crippen LogP contribution is -2.35. The van der Waals surface area contributed by atoms with Gasteiger partial charge < -0.3 is 21.1 Å². The molecule has 1 aliphatic rings. The molecular formula is C17H21N5O2. The summed E-state index contributed by atoms with van der Waals surface area (Å²) >= 11 is 0. The summed E-state index contributed by atoms with van der Waals surface area (Å²) in [6.07, 6.45) is 5.30. The second-order valence-electron chi connectivity index (χ2n) is 5.80.